The molecule has 1 fully saturated rings. The predicted molar refractivity (Wildman–Crippen MR) is 166 cm³/mol. The Hall–Kier alpha value is -5.72. The first-order valence-electron chi connectivity index (χ1n) is 15.3. The van der Waals surface area contributed by atoms with Gasteiger partial charge < -0.3 is 28.8 Å². The number of hydrogen-bond donors (Lipinski definition) is 2. The molecular weight excluding hydrogens is 626 g/mol. The van der Waals surface area contributed by atoms with Gasteiger partial charge in [-0.2, -0.15) is 0 Å². The Morgan fingerprint density at radius 2 is 1.75 bits per heavy atom. The highest BCUT2D eigenvalue weighted by Crippen LogP contribution is 2.48. The van der Waals surface area contributed by atoms with Gasteiger partial charge >= 0.3 is 11.9 Å². The second kappa shape index (κ2) is 10.4. The second-order valence-electron chi connectivity index (χ2n) is 12.6. The SMILES string of the molecule is CCCCC(=O)OC[C@@]1(C)C(=O)O[C@]2(C)Cc3cc4ccc5c(c4c(O)c3C(=O)N21)C(=O)c1c(oc2cc(OC)c(O)cc2c1=O)C5=O. The Morgan fingerprint density at radius 1 is 1.00 bits per heavy atom. The normalized spacial score (nSPS) is 21.1. The van der Waals surface area contributed by atoms with E-state index in [-0.39, 0.29) is 62.8 Å². The third-order valence-corrected chi connectivity index (χ3v) is 9.36. The largest absolute Gasteiger partial charge is 0.506 e. The Bertz CT molecular complexity index is 2250. The molecule has 3 aromatic carbocycles. The number of esters is 2. The lowest BCUT2D eigenvalue weighted by molar-refractivity contribution is -0.153. The summed E-state index contributed by atoms with van der Waals surface area (Å²) in [5.41, 5.74) is -5.19. The van der Waals surface area contributed by atoms with Crippen LogP contribution in [0.25, 0.3) is 21.7 Å². The van der Waals surface area contributed by atoms with Gasteiger partial charge in [0.2, 0.25) is 17.0 Å². The number of carbonyl (C=O) groups excluding carboxylic acids is 5. The van der Waals surface area contributed by atoms with Gasteiger partial charge in [-0.15, -0.1) is 0 Å². The van der Waals surface area contributed by atoms with Crippen LogP contribution in [0.2, 0.25) is 0 Å². The minimum absolute atomic E-state index is 0.0158. The molecule has 246 valence electrons. The van der Waals surface area contributed by atoms with Crippen molar-refractivity contribution in [2.45, 2.75) is 57.7 Å². The number of phenolic OH excluding ortho intramolecular Hbond substituents is 2. The number of ether oxygens (including phenoxy) is 3. The van der Waals surface area contributed by atoms with Crippen LogP contribution in [0.1, 0.15) is 88.0 Å². The Balaban J connectivity index is 1.38. The van der Waals surface area contributed by atoms with Crippen LogP contribution < -0.4 is 10.2 Å². The first-order valence-corrected chi connectivity index (χ1v) is 15.3. The lowest BCUT2D eigenvalue weighted by Gasteiger charge is -2.42. The van der Waals surface area contributed by atoms with Gasteiger partial charge in [0.05, 0.1) is 18.1 Å². The molecule has 13 nitrogen and oxygen atoms in total. The standard InChI is InChI=1S/C35H29NO12/c1-5-6-7-22(38)46-14-34(2)33(44)48-35(3)13-16-10-15-8-9-17-25(23(15)29(41)24(16)32(43)36(34)35)30(42)26-27(39)18-11-19(37)21(45-4)12-20(18)47-31(26)28(17)40/h8-12,37,41H,5-7,13-14H2,1-4H3/t34-,35+/m0/s1. The van der Waals surface area contributed by atoms with E-state index in [1.807, 2.05) is 6.92 Å². The minimum atomic E-state index is -1.73. The van der Waals surface area contributed by atoms with E-state index in [0.29, 0.717) is 12.0 Å². The van der Waals surface area contributed by atoms with Crippen molar-refractivity contribution in [3.05, 3.63) is 74.1 Å². The molecule has 0 radical (unpaired) electrons. The second-order valence-corrected chi connectivity index (χ2v) is 12.6. The van der Waals surface area contributed by atoms with E-state index in [0.717, 1.165) is 17.4 Å². The fraction of sp³-hybridized carbons (Fsp3) is 0.314. The number of rotatable bonds is 6. The molecule has 1 aliphatic carbocycles. The summed E-state index contributed by atoms with van der Waals surface area (Å²) in [5, 5.41) is 22.0. The van der Waals surface area contributed by atoms with Crippen LogP contribution >= 0.6 is 0 Å². The van der Waals surface area contributed by atoms with E-state index in [2.05, 4.69) is 0 Å². The first kappa shape index (κ1) is 30.9. The number of carbonyl (C=O) groups is 5. The molecule has 3 heterocycles. The van der Waals surface area contributed by atoms with E-state index < -0.39 is 69.8 Å². The number of nitrogens with zero attached hydrogens (tertiary/aromatic N) is 1. The molecule has 7 rings (SSSR count). The monoisotopic (exact) mass is 655 g/mol. The first-order chi connectivity index (χ1) is 22.8. The van der Waals surface area contributed by atoms with Crippen LogP contribution in [-0.2, 0) is 25.5 Å². The third-order valence-electron chi connectivity index (χ3n) is 9.36. The summed E-state index contributed by atoms with van der Waals surface area (Å²) in [6, 6.07) is 6.71. The third kappa shape index (κ3) is 4.09. The van der Waals surface area contributed by atoms with Gasteiger partial charge in [-0.1, -0.05) is 19.4 Å². The minimum Gasteiger partial charge on any atom is -0.506 e. The smallest absolute Gasteiger partial charge is 0.337 e. The molecule has 3 aliphatic rings. The summed E-state index contributed by atoms with van der Waals surface area (Å²) < 4.78 is 21.9. The number of benzene rings is 3. The average molecular weight is 656 g/mol. The Kier molecular flexibility index (Phi) is 6.69. The maximum Gasteiger partial charge on any atom is 0.337 e. The van der Waals surface area contributed by atoms with Crippen LogP contribution in [0.4, 0.5) is 0 Å². The molecule has 1 amide bonds. The van der Waals surface area contributed by atoms with Gasteiger partial charge in [0, 0.05) is 35.4 Å². The zero-order valence-electron chi connectivity index (χ0n) is 26.3. The summed E-state index contributed by atoms with van der Waals surface area (Å²) in [7, 11) is 1.29. The lowest BCUT2D eigenvalue weighted by atomic mass is 9.80. The molecule has 13 heteroatoms. The summed E-state index contributed by atoms with van der Waals surface area (Å²) in [4.78, 5) is 82.5. The molecule has 0 saturated carbocycles. The zero-order valence-corrected chi connectivity index (χ0v) is 26.3. The molecule has 0 unspecified atom stereocenters. The van der Waals surface area contributed by atoms with Crippen molar-refractivity contribution < 1.29 is 52.8 Å². The molecular formula is C35H29NO12. The maximum absolute atomic E-state index is 14.3. The summed E-state index contributed by atoms with van der Waals surface area (Å²) >= 11 is 0. The molecule has 0 spiro atoms. The van der Waals surface area contributed by atoms with Gasteiger partial charge in [0.1, 0.15) is 23.5 Å². The highest BCUT2D eigenvalue weighted by molar-refractivity contribution is 6.32. The highest BCUT2D eigenvalue weighted by atomic mass is 16.6. The predicted octanol–water partition coefficient (Wildman–Crippen LogP) is 3.90. The van der Waals surface area contributed by atoms with E-state index in [1.165, 1.54) is 32.2 Å². The topological polar surface area (TPSA) is 187 Å². The van der Waals surface area contributed by atoms with Crippen molar-refractivity contribution in [1.82, 2.24) is 4.90 Å². The Labute approximate surface area is 271 Å². The maximum atomic E-state index is 14.3. The summed E-state index contributed by atoms with van der Waals surface area (Å²) in [6.45, 7) is 4.38. The van der Waals surface area contributed by atoms with Crippen LogP contribution in [0.3, 0.4) is 0 Å². The van der Waals surface area contributed by atoms with Crippen molar-refractivity contribution in [2.24, 2.45) is 0 Å². The van der Waals surface area contributed by atoms with Crippen molar-refractivity contribution in [3.63, 3.8) is 0 Å². The number of phenols is 2. The van der Waals surface area contributed by atoms with Crippen LogP contribution in [0, 0.1) is 0 Å². The van der Waals surface area contributed by atoms with Crippen LogP contribution in [-0.4, -0.2) is 69.5 Å². The summed E-state index contributed by atoms with van der Waals surface area (Å²) in [5.74, 6) is -5.45. The fourth-order valence-corrected chi connectivity index (χ4v) is 7.05. The molecule has 48 heavy (non-hydrogen) atoms. The van der Waals surface area contributed by atoms with Crippen molar-refractivity contribution in [2.75, 3.05) is 13.7 Å². The molecule has 2 aliphatic heterocycles. The molecule has 1 saturated heterocycles. The van der Waals surface area contributed by atoms with E-state index in [4.69, 9.17) is 18.6 Å². The number of hydrogen-bond acceptors (Lipinski definition) is 12. The molecule has 0 bridgehead atoms. The van der Waals surface area contributed by atoms with Crippen molar-refractivity contribution >= 4 is 51.2 Å². The number of unbranched alkanes of at least 4 members (excludes halogenated alkanes) is 1. The highest BCUT2D eigenvalue weighted by Gasteiger charge is 2.64. The Morgan fingerprint density at radius 3 is 2.46 bits per heavy atom. The average Bonchev–Trinajstić information content (AvgIpc) is 3.25. The molecule has 2 atom stereocenters. The van der Waals surface area contributed by atoms with Crippen LogP contribution in [0.5, 0.6) is 17.2 Å². The molecule has 4 aromatic rings. The van der Waals surface area contributed by atoms with E-state index in [9.17, 15) is 39.0 Å². The van der Waals surface area contributed by atoms with Gasteiger partial charge in [-0.3, -0.25) is 28.9 Å². The van der Waals surface area contributed by atoms with Gasteiger partial charge in [-0.25, -0.2) is 4.79 Å². The number of aromatic hydroxyl groups is 2. The molecule has 2 N–H and O–H groups in total. The number of methoxy groups -OCH3 is 1. The summed E-state index contributed by atoms with van der Waals surface area (Å²) in [6.07, 6.45) is 1.43. The van der Waals surface area contributed by atoms with Gasteiger partial charge in [-0.05, 0) is 49.4 Å². The van der Waals surface area contributed by atoms with Crippen molar-refractivity contribution in [1.29, 1.82) is 0 Å². The lowest BCUT2D eigenvalue weighted by Crippen LogP contribution is -2.61. The van der Waals surface area contributed by atoms with E-state index >= 15 is 0 Å². The van der Waals surface area contributed by atoms with Crippen molar-refractivity contribution in [3.8, 4) is 17.2 Å². The quantitative estimate of drug-likeness (QED) is 0.252. The van der Waals surface area contributed by atoms with Crippen LogP contribution in [0.15, 0.2) is 39.5 Å². The zero-order chi connectivity index (χ0) is 34.4. The van der Waals surface area contributed by atoms with Gasteiger partial charge in [0.25, 0.3) is 5.91 Å². The number of fused-ring (bicyclic) bond motifs is 7. The van der Waals surface area contributed by atoms with Gasteiger partial charge in [0.15, 0.2) is 28.5 Å². The molecule has 1 aromatic heterocycles. The fourth-order valence-electron chi connectivity index (χ4n) is 7.05. The number of ketones is 2. The van der Waals surface area contributed by atoms with E-state index in [1.54, 1.807) is 13.0 Å². The number of amides is 1.